The molecule has 0 saturated carbocycles. The smallest absolute Gasteiger partial charge is 0.253 e. The molecular formula is C12H16N2O3S. The lowest BCUT2D eigenvalue weighted by molar-refractivity contribution is 0.0735. The molecule has 1 heterocycles. The largest absolute Gasteiger partial charge is 0.336 e. The number of hydrogen-bond acceptors (Lipinski definition) is 4. The quantitative estimate of drug-likeness (QED) is 0.828. The van der Waals surface area contributed by atoms with Crippen LogP contribution in [-0.2, 0) is 9.84 Å². The van der Waals surface area contributed by atoms with Crippen molar-refractivity contribution in [1.82, 2.24) is 10.2 Å². The van der Waals surface area contributed by atoms with E-state index in [1.54, 1.807) is 17.0 Å². The fourth-order valence-electron chi connectivity index (χ4n) is 1.90. The number of nitrogens with zero attached hydrogens (tertiary/aromatic N) is 1. The van der Waals surface area contributed by atoms with Crippen LogP contribution in [0.25, 0.3) is 0 Å². The van der Waals surface area contributed by atoms with E-state index < -0.39 is 9.84 Å². The van der Waals surface area contributed by atoms with Crippen molar-refractivity contribution in [3.8, 4) is 0 Å². The van der Waals surface area contributed by atoms with Crippen molar-refractivity contribution in [2.45, 2.75) is 4.90 Å². The third kappa shape index (κ3) is 2.88. The molecule has 1 saturated heterocycles. The highest BCUT2D eigenvalue weighted by Crippen LogP contribution is 2.12. The number of amides is 1. The van der Waals surface area contributed by atoms with Crippen LogP contribution in [-0.4, -0.2) is 51.7 Å². The molecule has 18 heavy (non-hydrogen) atoms. The maximum Gasteiger partial charge on any atom is 0.253 e. The zero-order chi connectivity index (χ0) is 13.2. The van der Waals surface area contributed by atoms with Gasteiger partial charge < -0.3 is 10.2 Å². The maximum atomic E-state index is 12.1. The minimum absolute atomic E-state index is 0.0449. The van der Waals surface area contributed by atoms with Crippen molar-refractivity contribution >= 4 is 15.7 Å². The molecule has 98 valence electrons. The molecule has 1 aliphatic rings. The van der Waals surface area contributed by atoms with Crippen LogP contribution in [0.15, 0.2) is 29.2 Å². The Bertz CT molecular complexity index is 531. The Morgan fingerprint density at radius 2 is 1.72 bits per heavy atom. The predicted molar refractivity (Wildman–Crippen MR) is 68.3 cm³/mol. The zero-order valence-electron chi connectivity index (χ0n) is 10.2. The van der Waals surface area contributed by atoms with E-state index in [0.717, 1.165) is 19.3 Å². The minimum atomic E-state index is -3.21. The van der Waals surface area contributed by atoms with E-state index >= 15 is 0 Å². The van der Waals surface area contributed by atoms with Crippen LogP contribution in [0.4, 0.5) is 0 Å². The molecule has 1 aromatic rings. The van der Waals surface area contributed by atoms with Gasteiger partial charge in [-0.25, -0.2) is 8.42 Å². The highest BCUT2D eigenvalue weighted by molar-refractivity contribution is 7.90. The van der Waals surface area contributed by atoms with Crippen molar-refractivity contribution in [3.05, 3.63) is 29.8 Å². The number of nitrogens with one attached hydrogen (secondary N) is 1. The molecule has 0 atom stereocenters. The summed E-state index contributed by atoms with van der Waals surface area (Å²) in [7, 11) is -3.21. The minimum Gasteiger partial charge on any atom is -0.336 e. The average molecular weight is 268 g/mol. The molecule has 1 N–H and O–H groups in total. The number of sulfone groups is 1. The third-order valence-electron chi connectivity index (χ3n) is 2.93. The van der Waals surface area contributed by atoms with Gasteiger partial charge in [0.05, 0.1) is 4.90 Å². The Hall–Kier alpha value is -1.40. The summed E-state index contributed by atoms with van der Waals surface area (Å²) in [5.74, 6) is -0.0449. The molecule has 0 aromatic heterocycles. The van der Waals surface area contributed by atoms with Crippen LogP contribution < -0.4 is 5.32 Å². The summed E-state index contributed by atoms with van der Waals surface area (Å²) in [6, 6.07) is 6.09. The normalized spacial score (nSPS) is 16.6. The first kappa shape index (κ1) is 13.0. The van der Waals surface area contributed by atoms with Gasteiger partial charge in [-0.2, -0.15) is 0 Å². The van der Waals surface area contributed by atoms with E-state index in [0.29, 0.717) is 18.7 Å². The second-order valence-electron chi connectivity index (χ2n) is 4.34. The summed E-state index contributed by atoms with van der Waals surface area (Å²) >= 11 is 0. The second kappa shape index (κ2) is 5.07. The van der Waals surface area contributed by atoms with Crippen molar-refractivity contribution < 1.29 is 13.2 Å². The molecule has 6 heteroatoms. The molecule has 0 unspecified atom stereocenters. The fourth-order valence-corrected chi connectivity index (χ4v) is 2.53. The van der Waals surface area contributed by atoms with E-state index in [-0.39, 0.29) is 10.8 Å². The lowest BCUT2D eigenvalue weighted by Crippen LogP contribution is -2.46. The standard InChI is InChI=1S/C12H16N2O3S/c1-18(16,17)11-4-2-10(3-5-11)12(15)14-8-6-13-7-9-14/h2-5,13H,6-9H2,1H3. The molecule has 0 radical (unpaired) electrons. The van der Waals surface area contributed by atoms with Crippen LogP contribution in [0.2, 0.25) is 0 Å². The highest BCUT2D eigenvalue weighted by atomic mass is 32.2. The lowest BCUT2D eigenvalue weighted by atomic mass is 10.2. The van der Waals surface area contributed by atoms with E-state index in [2.05, 4.69) is 5.32 Å². The average Bonchev–Trinajstić information content (AvgIpc) is 2.38. The monoisotopic (exact) mass is 268 g/mol. The van der Waals surface area contributed by atoms with Crippen LogP contribution in [0.3, 0.4) is 0 Å². The first-order valence-corrected chi connectivity index (χ1v) is 7.68. The first-order valence-electron chi connectivity index (χ1n) is 5.78. The summed E-state index contributed by atoms with van der Waals surface area (Å²) in [6.07, 6.45) is 1.15. The Labute approximate surface area is 107 Å². The number of piperazine rings is 1. The van der Waals surface area contributed by atoms with Crippen LogP contribution in [0, 0.1) is 0 Å². The molecule has 2 rings (SSSR count). The summed E-state index contributed by atoms with van der Waals surface area (Å²) < 4.78 is 22.6. The van der Waals surface area contributed by atoms with E-state index in [1.807, 2.05) is 0 Å². The van der Waals surface area contributed by atoms with Gasteiger partial charge in [-0.05, 0) is 24.3 Å². The van der Waals surface area contributed by atoms with Gasteiger partial charge >= 0.3 is 0 Å². The van der Waals surface area contributed by atoms with Gasteiger partial charge in [-0.15, -0.1) is 0 Å². The van der Waals surface area contributed by atoms with Crippen molar-refractivity contribution in [1.29, 1.82) is 0 Å². The summed E-state index contributed by atoms with van der Waals surface area (Å²) in [5, 5.41) is 3.18. The van der Waals surface area contributed by atoms with E-state index in [9.17, 15) is 13.2 Å². The fraction of sp³-hybridized carbons (Fsp3) is 0.417. The highest BCUT2D eigenvalue weighted by Gasteiger charge is 2.18. The van der Waals surface area contributed by atoms with Gasteiger partial charge in [0.1, 0.15) is 0 Å². The van der Waals surface area contributed by atoms with Crippen molar-refractivity contribution in [2.75, 3.05) is 32.4 Å². The number of rotatable bonds is 2. The summed E-state index contributed by atoms with van der Waals surface area (Å²) in [5.41, 5.74) is 0.532. The first-order chi connectivity index (χ1) is 8.48. The number of benzene rings is 1. The Kier molecular flexibility index (Phi) is 3.68. The SMILES string of the molecule is CS(=O)(=O)c1ccc(C(=O)N2CCNCC2)cc1. The lowest BCUT2D eigenvalue weighted by Gasteiger charge is -2.27. The third-order valence-corrected chi connectivity index (χ3v) is 4.06. The van der Waals surface area contributed by atoms with Crippen LogP contribution in [0.5, 0.6) is 0 Å². The predicted octanol–water partition coefficient (Wildman–Crippen LogP) is 0.136. The van der Waals surface area contributed by atoms with Crippen LogP contribution in [0.1, 0.15) is 10.4 Å². The Morgan fingerprint density at radius 3 is 2.22 bits per heavy atom. The van der Waals surface area contributed by atoms with Gasteiger partial charge in [-0.3, -0.25) is 4.79 Å². The molecular weight excluding hydrogens is 252 g/mol. The number of hydrogen-bond donors (Lipinski definition) is 1. The summed E-state index contributed by atoms with van der Waals surface area (Å²) in [6.45, 7) is 2.97. The second-order valence-corrected chi connectivity index (χ2v) is 6.35. The van der Waals surface area contributed by atoms with Gasteiger partial charge in [0.25, 0.3) is 5.91 Å². The zero-order valence-corrected chi connectivity index (χ0v) is 11.0. The molecule has 1 fully saturated rings. The van der Waals surface area contributed by atoms with Crippen molar-refractivity contribution in [2.24, 2.45) is 0 Å². The Morgan fingerprint density at radius 1 is 1.17 bits per heavy atom. The van der Waals surface area contributed by atoms with E-state index in [1.165, 1.54) is 12.1 Å². The summed E-state index contributed by atoms with van der Waals surface area (Å²) in [4.78, 5) is 14.1. The van der Waals surface area contributed by atoms with Crippen molar-refractivity contribution in [3.63, 3.8) is 0 Å². The van der Waals surface area contributed by atoms with Crippen LogP contribution >= 0.6 is 0 Å². The van der Waals surface area contributed by atoms with E-state index in [4.69, 9.17) is 0 Å². The molecule has 0 bridgehead atoms. The number of carbonyl (C=O) groups is 1. The molecule has 0 aliphatic carbocycles. The maximum absolute atomic E-state index is 12.1. The molecule has 0 spiro atoms. The molecule has 1 aliphatic heterocycles. The molecule has 5 nitrogen and oxygen atoms in total. The topological polar surface area (TPSA) is 66.5 Å². The van der Waals surface area contributed by atoms with Gasteiger partial charge in [0, 0.05) is 38.0 Å². The molecule has 1 amide bonds. The molecule has 1 aromatic carbocycles. The van der Waals surface area contributed by atoms with Gasteiger partial charge in [0.15, 0.2) is 9.84 Å². The van der Waals surface area contributed by atoms with Gasteiger partial charge in [0.2, 0.25) is 0 Å². The number of carbonyl (C=O) groups excluding carboxylic acids is 1. The van der Waals surface area contributed by atoms with Gasteiger partial charge in [-0.1, -0.05) is 0 Å². The Balaban J connectivity index is 2.16.